The summed E-state index contributed by atoms with van der Waals surface area (Å²) in [4.78, 5) is 12.5. The van der Waals surface area contributed by atoms with Gasteiger partial charge in [-0.2, -0.15) is 0 Å². The standard InChI is InChI=1S/C49H34N4O2Si/c1-52-42-25-10-9-24-41(42)51-48(52)33-15-12-17-35(31-33)54-36-18-13-16-34(32-36)53-46-44(29-28-40-39-23-8-11-26-43(39)55-47(40)46)56(37-19-4-2-5-20-37,38-21-6-3-7-22-38)45-27-14-30-50-49(45)53/h2-32H,1H3. The number of anilines is 3. The second-order valence-corrected chi connectivity index (χ2v) is 18.0. The monoisotopic (exact) mass is 738 g/mol. The Kier molecular flexibility index (Phi) is 7.30. The van der Waals surface area contributed by atoms with Crippen molar-refractivity contribution in [2.45, 2.75) is 0 Å². The van der Waals surface area contributed by atoms with E-state index in [9.17, 15) is 0 Å². The summed E-state index contributed by atoms with van der Waals surface area (Å²) in [6.07, 6.45) is 1.90. The number of hydrogen-bond donors (Lipinski definition) is 0. The van der Waals surface area contributed by atoms with Crippen LogP contribution in [-0.4, -0.2) is 22.6 Å². The first-order chi connectivity index (χ1) is 27.7. The molecule has 7 heteroatoms. The quantitative estimate of drug-likeness (QED) is 0.159. The van der Waals surface area contributed by atoms with E-state index in [4.69, 9.17) is 19.1 Å². The van der Waals surface area contributed by atoms with Gasteiger partial charge in [0.25, 0.3) is 0 Å². The summed E-state index contributed by atoms with van der Waals surface area (Å²) >= 11 is 0. The smallest absolute Gasteiger partial charge is 0.186 e. The van der Waals surface area contributed by atoms with Crippen molar-refractivity contribution in [2.24, 2.45) is 7.05 Å². The van der Waals surface area contributed by atoms with Crippen LogP contribution in [0.25, 0.3) is 44.4 Å². The van der Waals surface area contributed by atoms with Crippen LogP contribution in [0.2, 0.25) is 0 Å². The van der Waals surface area contributed by atoms with Gasteiger partial charge in [0.2, 0.25) is 0 Å². The molecule has 4 heterocycles. The average Bonchev–Trinajstić information content (AvgIpc) is 3.81. The normalized spacial score (nSPS) is 13.2. The van der Waals surface area contributed by atoms with Gasteiger partial charge in [-0.3, -0.25) is 4.90 Å². The molecule has 0 amide bonds. The van der Waals surface area contributed by atoms with Crippen LogP contribution >= 0.6 is 0 Å². The van der Waals surface area contributed by atoms with Crippen molar-refractivity contribution in [1.82, 2.24) is 14.5 Å². The topological polar surface area (TPSA) is 56.3 Å². The molecule has 0 fully saturated rings. The molecule has 1 aliphatic heterocycles. The number of furan rings is 1. The van der Waals surface area contributed by atoms with Gasteiger partial charge in [0.15, 0.2) is 13.7 Å². The van der Waals surface area contributed by atoms with Crippen molar-refractivity contribution in [3.8, 4) is 22.9 Å². The van der Waals surface area contributed by atoms with Crippen LogP contribution in [-0.2, 0) is 7.05 Å². The number of fused-ring (bicyclic) bond motifs is 7. The summed E-state index contributed by atoms with van der Waals surface area (Å²) in [7, 11) is -0.899. The molecule has 0 atom stereocenters. The fourth-order valence-electron chi connectivity index (χ4n) is 8.76. The first kappa shape index (κ1) is 32.2. The molecule has 0 spiro atoms. The summed E-state index contributed by atoms with van der Waals surface area (Å²) in [5.41, 5.74) is 6.65. The highest BCUT2D eigenvalue weighted by Crippen LogP contribution is 2.44. The largest absolute Gasteiger partial charge is 0.457 e. The van der Waals surface area contributed by atoms with E-state index in [0.29, 0.717) is 5.75 Å². The predicted octanol–water partition coefficient (Wildman–Crippen LogP) is 9.49. The molecule has 0 N–H and O–H groups in total. The Labute approximate surface area is 324 Å². The number of nitrogens with zero attached hydrogens (tertiary/aromatic N) is 4. The molecule has 0 aliphatic carbocycles. The predicted molar refractivity (Wildman–Crippen MR) is 230 cm³/mol. The summed E-state index contributed by atoms with van der Waals surface area (Å²) in [6, 6.07) is 63.8. The van der Waals surface area contributed by atoms with Crippen LogP contribution in [0.5, 0.6) is 11.5 Å². The molecule has 266 valence electrons. The molecule has 1 aliphatic rings. The van der Waals surface area contributed by atoms with E-state index in [2.05, 4.69) is 156 Å². The van der Waals surface area contributed by atoms with Crippen molar-refractivity contribution < 1.29 is 9.15 Å². The Morgan fingerprint density at radius 3 is 2.11 bits per heavy atom. The van der Waals surface area contributed by atoms with E-state index in [1.54, 1.807) is 0 Å². The fraction of sp³-hybridized carbons (Fsp3) is 0.0204. The van der Waals surface area contributed by atoms with Crippen LogP contribution in [0.3, 0.4) is 0 Å². The minimum absolute atomic E-state index is 0.709. The molecule has 0 radical (unpaired) electrons. The van der Waals surface area contributed by atoms with Crippen molar-refractivity contribution in [3.63, 3.8) is 0 Å². The average molecular weight is 739 g/mol. The Balaban J connectivity index is 1.12. The van der Waals surface area contributed by atoms with Gasteiger partial charge in [-0.1, -0.05) is 127 Å². The summed E-state index contributed by atoms with van der Waals surface area (Å²) in [5.74, 6) is 3.20. The summed E-state index contributed by atoms with van der Waals surface area (Å²) in [5, 5.41) is 7.18. The Morgan fingerprint density at radius 2 is 1.30 bits per heavy atom. The Bertz CT molecular complexity index is 3060. The maximum atomic E-state index is 6.91. The zero-order valence-corrected chi connectivity index (χ0v) is 31.5. The highest BCUT2D eigenvalue weighted by molar-refractivity contribution is 7.21. The molecule has 6 nitrogen and oxygen atoms in total. The Morgan fingerprint density at radius 1 is 0.589 bits per heavy atom. The number of rotatable bonds is 6. The van der Waals surface area contributed by atoms with Crippen LogP contribution in [0, 0.1) is 0 Å². The van der Waals surface area contributed by atoms with Crippen LogP contribution in [0.4, 0.5) is 17.2 Å². The summed E-state index contributed by atoms with van der Waals surface area (Å²) in [6.45, 7) is 0. The minimum Gasteiger partial charge on any atom is -0.457 e. The highest BCUT2D eigenvalue weighted by Gasteiger charge is 2.50. The molecular weight excluding hydrogens is 705 g/mol. The van der Waals surface area contributed by atoms with Gasteiger partial charge >= 0.3 is 0 Å². The summed E-state index contributed by atoms with van der Waals surface area (Å²) < 4.78 is 15.7. The first-order valence-electron chi connectivity index (χ1n) is 18.8. The van der Waals surface area contributed by atoms with Gasteiger partial charge < -0.3 is 13.7 Å². The molecule has 0 bridgehead atoms. The van der Waals surface area contributed by atoms with E-state index in [1.807, 2.05) is 48.7 Å². The van der Waals surface area contributed by atoms with Gasteiger partial charge in [0.05, 0.1) is 22.4 Å². The molecule has 10 aromatic rings. The molecule has 7 aromatic carbocycles. The molecule has 0 saturated heterocycles. The number of benzene rings is 7. The third-order valence-electron chi connectivity index (χ3n) is 11.2. The zero-order valence-electron chi connectivity index (χ0n) is 30.5. The SMILES string of the molecule is Cn1c(-c2cccc(Oc3cccc(N4c5ncccc5[Si](c5ccccc5)(c5ccccc5)c5ccc6c(oc7ccccc76)c54)c3)c2)nc2ccccc21. The van der Waals surface area contributed by atoms with Crippen LogP contribution in [0.1, 0.15) is 0 Å². The number of pyridine rings is 1. The first-order valence-corrected chi connectivity index (χ1v) is 20.8. The number of hydrogen-bond acceptors (Lipinski definition) is 5. The van der Waals surface area contributed by atoms with Gasteiger partial charge in [-0.15, -0.1) is 0 Å². The number of aryl methyl sites for hydroxylation is 1. The number of imidazole rings is 1. The lowest BCUT2D eigenvalue weighted by Gasteiger charge is -2.44. The molecule has 3 aromatic heterocycles. The molecule has 11 rings (SSSR count). The number of aromatic nitrogens is 3. The molecule has 0 unspecified atom stereocenters. The molecular formula is C49H34N4O2Si. The minimum atomic E-state index is -2.95. The maximum Gasteiger partial charge on any atom is 0.186 e. The van der Waals surface area contributed by atoms with Crippen molar-refractivity contribution in [2.75, 3.05) is 4.90 Å². The number of ether oxygens (including phenoxy) is 1. The van der Waals surface area contributed by atoms with Gasteiger partial charge in [-0.25, -0.2) is 9.97 Å². The van der Waals surface area contributed by atoms with Crippen molar-refractivity contribution in [3.05, 3.63) is 188 Å². The van der Waals surface area contributed by atoms with E-state index in [-0.39, 0.29) is 0 Å². The second-order valence-electron chi connectivity index (χ2n) is 14.2. The Hall–Kier alpha value is -7.22. The molecule has 0 saturated carbocycles. The van der Waals surface area contributed by atoms with Crippen molar-refractivity contribution >= 4 is 79.0 Å². The lowest BCUT2D eigenvalue weighted by molar-refractivity contribution is 0.483. The number of para-hydroxylation sites is 3. The highest BCUT2D eigenvalue weighted by atomic mass is 28.3. The van der Waals surface area contributed by atoms with E-state index in [0.717, 1.165) is 67.3 Å². The van der Waals surface area contributed by atoms with Gasteiger partial charge in [0, 0.05) is 35.6 Å². The van der Waals surface area contributed by atoms with Crippen LogP contribution in [0.15, 0.2) is 193 Å². The lowest BCUT2D eigenvalue weighted by atomic mass is 10.1. The zero-order chi connectivity index (χ0) is 37.2. The third-order valence-corrected chi connectivity index (χ3v) is 16.0. The fourth-order valence-corrected chi connectivity index (χ4v) is 13.8. The third kappa shape index (κ3) is 4.81. The maximum absolute atomic E-state index is 6.91. The van der Waals surface area contributed by atoms with E-state index < -0.39 is 8.07 Å². The molecule has 56 heavy (non-hydrogen) atoms. The van der Waals surface area contributed by atoms with E-state index in [1.165, 1.54) is 20.7 Å². The van der Waals surface area contributed by atoms with Gasteiger partial charge in [-0.05, 0) is 69.3 Å². The van der Waals surface area contributed by atoms with Gasteiger partial charge in [0.1, 0.15) is 28.7 Å². The second kappa shape index (κ2) is 12.7. The lowest BCUT2D eigenvalue weighted by Crippen LogP contribution is -2.77. The van der Waals surface area contributed by atoms with Crippen molar-refractivity contribution in [1.29, 1.82) is 0 Å². The van der Waals surface area contributed by atoms with Crippen LogP contribution < -0.4 is 30.4 Å². The van der Waals surface area contributed by atoms with E-state index >= 15 is 0 Å².